The molecule has 3 heterocycles. The average Bonchev–Trinajstić information content (AvgIpc) is 3.10. The highest BCUT2D eigenvalue weighted by atomic mass is 32.1. The summed E-state index contributed by atoms with van der Waals surface area (Å²) < 4.78 is 4.35. The Hall–Kier alpha value is -1.21. The van der Waals surface area contributed by atoms with Crippen LogP contribution in [0.15, 0.2) is 0 Å². The van der Waals surface area contributed by atoms with Crippen molar-refractivity contribution in [1.29, 1.82) is 0 Å². The van der Waals surface area contributed by atoms with Gasteiger partial charge in [0.2, 0.25) is 11.0 Å². The third-order valence-electron chi connectivity index (χ3n) is 4.90. The Morgan fingerprint density at radius 3 is 2.65 bits per heavy atom. The van der Waals surface area contributed by atoms with Gasteiger partial charge >= 0.3 is 0 Å². The summed E-state index contributed by atoms with van der Waals surface area (Å²) in [7, 11) is 0. The maximum atomic E-state index is 12.4. The van der Waals surface area contributed by atoms with E-state index in [1.807, 2.05) is 4.90 Å². The largest absolute Gasteiger partial charge is 0.343 e. The number of anilines is 1. The number of carbonyl (C=O) groups excluding carboxylic acids is 1. The van der Waals surface area contributed by atoms with Crippen molar-refractivity contribution in [1.82, 2.24) is 19.6 Å². The fourth-order valence-corrected chi connectivity index (χ4v) is 4.12. The number of piperidine rings is 1. The summed E-state index contributed by atoms with van der Waals surface area (Å²) >= 11 is 1.47. The molecular formula is C16H27N5OS. The zero-order valence-electron chi connectivity index (χ0n) is 14.0. The number of nitrogens with one attached hydrogen (secondary N) is 1. The van der Waals surface area contributed by atoms with Crippen molar-refractivity contribution in [2.45, 2.75) is 39.0 Å². The Labute approximate surface area is 142 Å². The molecule has 2 aliphatic heterocycles. The van der Waals surface area contributed by atoms with Crippen LogP contribution in [0.1, 0.15) is 38.4 Å². The molecule has 2 saturated heterocycles. The van der Waals surface area contributed by atoms with Crippen LogP contribution in [-0.2, 0) is 11.2 Å². The van der Waals surface area contributed by atoms with Crippen LogP contribution in [0.4, 0.5) is 5.13 Å². The third-order valence-corrected chi connectivity index (χ3v) is 5.72. The minimum Gasteiger partial charge on any atom is -0.343 e. The molecule has 7 heteroatoms. The van der Waals surface area contributed by atoms with Gasteiger partial charge in [-0.15, -0.1) is 0 Å². The molecule has 0 spiro atoms. The van der Waals surface area contributed by atoms with Gasteiger partial charge in [0.15, 0.2) is 0 Å². The SMILES string of the molecule is CCc1nsc(N2CCN(C(=O)CCC3CCNCC3)CC2)n1. The van der Waals surface area contributed by atoms with Gasteiger partial charge in [-0.05, 0) is 38.3 Å². The second-order valence-corrected chi connectivity index (χ2v) is 7.18. The Morgan fingerprint density at radius 2 is 2.00 bits per heavy atom. The van der Waals surface area contributed by atoms with Gasteiger partial charge in [0.05, 0.1) is 0 Å². The predicted octanol–water partition coefficient (Wildman–Crippen LogP) is 1.53. The van der Waals surface area contributed by atoms with Crippen molar-refractivity contribution < 1.29 is 4.79 Å². The Bertz CT molecular complexity index is 506. The van der Waals surface area contributed by atoms with Crippen molar-refractivity contribution in [3.8, 4) is 0 Å². The molecule has 0 atom stereocenters. The summed E-state index contributed by atoms with van der Waals surface area (Å²) in [6.07, 6.45) is 5.09. The minimum absolute atomic E-state index is 0.328. The standard InChI is InChI=1S/C16H27N5OS/c1-2-14-18-16(23-19-14)21-11-9-20(10-12-21)15(22)4-3-13-5-7-17-8-6-13/h13,17H,2-12H2,1H3. The summed E-state index contributed by atoms with van der Waals surface area (Å²) in [6, 6.07) is 0. The molecule has 1 aromatic heterocycles. The van der Waals surface area contributed by atoms with Crippen LogP contribution in [0.5, 0.6) is 0 Å². The molecule has 2 fully saturated rings. The zero-order chi connectivity index (χ0) is 16.1. The van der Waals surface area contributed by atoms with Crippen LogP contribution in [0.2, 0.25) is 0 Å². The van der Waals surface area contributed by atoms with E-state index in [4.69, 9.17) is 0 Å². The Balaban J connectivity index is 1.41. The lowest BCUT2D eigenvalue weighted by atomic mass is 9.93. The number of rotatable bonds is 5. The van der Waals surface area contributed by atoms with Crippen LogP contribution in [0, 0.1) is 5.92 Å². The molecule has 1 amide bonds. The Kier molecular flexibility index (Phi) is 5.83. The van der Waals surface area contributed by atoms with Gasteiger partial charge in [-0.2, -0.15) is 4.37 Å². The monoisotopic (exact) mass is 337 g/mol. The van der Waals surface area contributed by atoms with Crippen LogP contribution < -0.4 is 10.2 Å². The number of aryl methyl sites for hydroxylation is 1. The van der Waals surface area contributed by atoms with Crippen molar-refractivity contribution in [3.05, 3.63) is 5.82 Å². The molecule has 0 aromatic carbocycles. The zero-order valence-corrected chi connectivity index (χ0v) is 14.8. The third kappa shape index (κ3) is 4.41. The highest BCUT2D eigenvalue weighted by molar-refractivity contribution is 7.09. The van der Waals surface area contributed by atoms with E-state index < -0.39 is 0 Å². The highest BCUT2D eigenvalue weighted by Gasteiger charge is 2.24. The molecule has 1 aromatic rings. The lowest BCUT2D eigenvalue weighted by Gasteiger charge is -2.34. The van der Waals surface area contributed by atoms with Crippen molar-refractivity contribution in [2.75, 3.05) is 44.2 Å². The predicted molar refractivity (Wildman–Crippen MR) is 92.9 cm³/mol. The summed E-state index contributed by atoms with van der Waals surface area (Å²) in [5.74, 6) is 1.98. The van der Waals surface area contributed by atoms with E-state index in [0.717, 1.165) is 69.0 Å². The van der Waals surface area contributed by atoms with Gasteiger partial charge < -0.3 is 15.1 Å². The van der Waals surface area contributed by atoms with Gasteiger partial charge in [0, 0.05) is 50.6 Å². The molecule has 23 heavy (non-hydrogen) atoms. The van der Waals surface area contributed by atoms with Crippen LogP contribution in [0.3, 0.4) is 0 Å². The minimum atomic E-state index is 0.328. The lowest BCUT2D eigenvalue weighted by Crippen LogP contribution is -2.48. The number of nitrogens with zero attached hydrogens (tertiary/aromatic N) is 4. The van der Waals surface area contributed by atoms with Gasteiger partial charge in [-0.25, -0.2) is 4.98 Å². The Morgan fingerprint density at radius 1 is 1.26 bits per heavy atom. The molecule has 0 aliphatic carbocycles. The summed E-state index contributed by atoms with van der Waals surface area (Å²) in [6.45, 7) is 7.66. The topological polar surface area (TPSA) is 61.4 Å². The lowest BCUT2D eigenvalue weighted by molar-refractivity contribution is -0.131. The first kappa shape index (κ1) is 16.6. The molecule has 0 saturated carbocycles. The molecule has 2 aliphatic rings. The van der Waals surface area contributed by atoms with E-state index in [9.17, 15) is 4.79 Å². The molecule has 0 unspecified atom stereocenters. The fraction of sp³-hybridized carbons (Fsp3) is 0.812. The second-order valence-electron chi connectivity index (χ2n) is 6.45. The molecular weight excluding hydrogens is 310 g/mol. The van der Waals surface area contributed by atoms with E-state index in [1.54, 1.807) is 0 Å². The summed E-state index contributed by atoms with van der Waals surface area (Å²) in [4.78, 5) is 21.2. The summed E-state index contributed by atoms with van der Waals surface area (Å²) in [5.41, 5.74) is 0. The molecule has 0 radical (unpaired) electrons. The molecule has 1 N–H and O–H groups in total. The molecule has 0 bridgehead atoms. The molecule has 128 valence electrons. The summed E-state index contributed by atoms with van der Waals surface area (Å²) in [5, 5.41) is 4.38. The van der Waals surface area contributed by atoms with E-state index in [1.165, 1.54) is 24.4 Å². The van der Waals surface area contributed by atoms with E-state index >= 15 is 0 Å². The normalized spacial score (nSPS) is 20.0. The molecule has 3 rings (SSSR count). The van der Waals surface area contributed by atoms with Crippen LogP contribution >= 0.6 is 11.5 Å². The van der Waals surface area contributed by atoms with Crippen LogP contribution in [-0.4, -0.2) is 59.4 Å². The number of carbonyl (C=O) groups is 1. The first-order valence-electron chi connectivity index (χ1n) is 8.82. The number of hydrogen-bond acceptors (Lipinski definition) is 6. The number of aromatic nitrogens is 2. The van der Waals surface area contributed by atoms with Gasteiger partial charge in [0.1, 0.15) is 5.82 Å². The van der Waals surface area contributed by atoms with Gasteiger partial charge in [0.25, 0.3) is 0 Å². The van der Waals surface area contributed by atoms with Gasteiger partial charge in [-0.3, -0.25) is 4.79 Å². The van der Waals surface area contributed by atoms with Crippen molar-refractivity contribution >= 4 is 22.6 Å². The first-order chi connectivity index (χ1) is 11.3. The quantitative estimate of drug-likeness (QED) is 0.883. The van der Waals surface area contributed by atoms with E-state index in [2.05, 4.69) is 26.5 Å². The van der Waals surface area contributed by atoms with E-state index in [-0.39, 0.29) is 0 Å². The maximum absolute atomic E-state index is 12.4. The number of piperazine rings is 1. The fourth-order valence-electron chi connectivity index (χ4n) is 3.32. The number of amides is 1. The second kappa shape index (κ2) is 8.06. The van der Waals surface area contributed by atoms with Crippen LogP contribution in [0.25, 0.3) is 0 Å². The van der Waals surface area contributed by atoms with E-state index in [0.29, 0.717) is 12.3 Å². The number of hydrogen-bond donors (Lipinski definition) is 1. The molecule has 6 nitrogen and oxygen atoms in total. The highest BCUT2D eigenvalue weighted by Crippen LogP contribution is 2.21. The first-order valence-corrected chi connectivity index (χ1v) is 9.59. The smallest absolute Gasteiger partial charge is 0.222 e. The van der Waals surface area contributed by atoms with Crippen molar-refractivity contribution in [2.24, 2.45) is 5.92 Å². The maximum Gasteiger partial charge on any atom is 0.222 e. The van der Waals surface area contributed by atoms with Crippen molar-refractivity contribution in [3.63, 3.8) is 0 Å². The average molecular weight is 337 g/mol. The van der Waals surface area contributed by atoms with Gasteiger partial charge in [-0.1, -0.05) is 6.92 Å².